The molecule has 6 heteroatoms. The summed E-state index contributed by atoms with van der Waals surface area (Å²) in [5.74, 6) is 1.14. The number of hydrogen-bond donors (Lipinski definition) is 0. The Morgan fingerprint density at radius 3 is 2.87 bits per heavy atom. The van der Waals surface area contributed by atoms with Crippen molar-refractivity contribution >= 4 is 26.7 Å². The summed E-state index contributed by atoms with van der Waals surface area (Å²) in [5, 5.41) is 0.610. The van der Waals surface area contributed by atoms with E-state index in [1.54, 1.807) is 4.90 Å². The number of hydrogen-bond acceptors (Lipinski definition) is 4. The Kier molecular flexibility index (Phi) is 3.27. The molecule has 3 heterocycles. The largest absolute Gasteiger partial charge is 0.461 e. The number of benzene rings is 1. The number of sulfone groups is 1. The molecule has 0 aliphatic carbocycles. The molecule has 4 rings (SSSR count). The van der Waals surface area contributed by atoms with Crippen molar-refractivity contribution in [1.29, 1.82) is 0 Å². The van der Waals surface area contributed by atoms with Crippen LogP contribution in [0.3, 0.4) is 0 Å². The number of fused-ring (bicyclic) bond motifs is 2. The van der Waals surface area contributed by atoms with E-state index in [0.717, 1.165) is 22.3 Å². The van der Waals surface area contributed by atoms with Crippen LogP contribution >= 0.6 is 0 Å². The van der Waals surface area contributed by atoms with Crippen molar-refractivity contribution in [3.63, 3.8) is 0 Å². The quantitative estimate of drug-likeness (QED) is 0.842. The van der Waals surface area contributed by atoms with Gasteiger partial charge in [0, 0.05) is 24.0 Å². The van der Waals surface area contributed by atoms with Gasteiger partial charge in [0.15, 0.2) is 9.84 Å². The van der Waals surface area contributed by atoms with E-state index >= 15 is 0 Å². The van der Waals surface area contributed by atoms with Gasteiger partial charge >= 0.3 is 0 Å². The van der Waals surface area contributed by atoms with Crippen molar-refractivity contribution in [3.8, 4) is 0 Å². The lowest BCUT2D eigenvalue weighted by Gasteiger charge is -2.17. The number of likely N-dealkylation sites (tertiary alicyclic amines) is 1. The third-order valence-corrected chi connectivity index (χ3v) is 7.46. The standard InChI is InChI=1S/C17H19NO4S/c1-11-14(13-4-2-3-5-15(13)22-11)8-17(19)18-9-12-6-7-23(20,21)16(12)10-18/h2-5,12,16H,6-10H2,1H3/t12-,16+/m0/s1. The Bertz CT molecular complexity index is 883. The van der Waals surface area contributed by atoms with Crippen LogP contribution in [0.5, 0.6) is 0 Å². The molecule has 2 aliphatic heterocycles. The number of rotatable bonds is 2. The number of para-hydroxylation sites is 1. The molecular formula is C17H19NO4S. The molecule has 5 nitrogen and oxygen atoms in total. The van der Waals surface area contributed by atoms with Gasteiger partial charge < -0.3 is 9.32 Å². The molecule has 0 spiro atoms. The van der Waals surface area contributed by atoms with Gasteiger partial charge in [-0.05, 0) is 25.3 Å². The fourth-order valence-corrected chi connectivity index (χ4v) is 6.05. The summed E-state index contributed by atoms with van der Waals surface area (Å²) in [6, 6.07) is 7.68. The molecule has 1 amide bonds. The maximum absolute atomic E-state index is 12.6. The van der Waals surface area contributed by atoms with Gasteiger partial charge in [0.2, 0.25) is 5.91 Å². The smallest absolute Gasteiger partial charge is 0.227 e. The lowest BCUT2D eigenvalue weighted by molar-refractivity contribution is -0.129. The van der Waals surface area contributed by atoms with Crippen LogP contribution in [0.2, 0.25) is 0 Å². The molecule has 0 unspecified atom stereocenters. The molecule has 2 aromatic rings. The molecule has 2 atom stereocenters. The third-order valence-electron chi connectivity index (χ3n) is 5.20. The maximum atomic E-state index is 12.6. The number of aryl methyl sites for hydroxylation is 1. The minimum atomic E-state index is -3.01. The SMILES string of the molecule is Cc1oc2ccccc2c1CC(=O)N1C[C@@H]2CCS(=O)(=O)[C@@H]2C1. The molecule has 1 aromatic carbocycles. The first kappa shape index (κ1) is 14.8. The number of carbonyl (C=O) groups is 1. The van der Waals surface area contributed by atoms with Crippen LogP contribution in [0.1, 0.15) is 17.7 Å². The monoisotopic (exact) mass is 333 g/mol. The van der Waals surface area contributed by atoms with Crippen molar-refractivity contribution in [2.24, 2.45) is 5.92 Å². The second-order valence-electron chi connectivity index (χ2n) is 6.56. The zero-order chi connectivity index (χ0) is 16.2. The normalized spacial score (nSPS) is 25.9. The summed E-state index contributed by atoms with van der Waals surface area (Å²) in [6.07, 6.45) is 0.951. The van der Waals surface area contributed by atoms with Crippen molar-refractivity contribution in [3.05, 3.63) is 35.6 Å². The maximum Gasteiger partial charge on any atom is 0.227 e. The molecule has 2 aliphatic rings. The Morgan fingerprint density at radius 1 is 1.30 bits per heavy atom. The molecule has 0 radical (unpaired) electrons. The highest BCUT2D eigenvalue weighted by Gasteiger charge is 2.47. The van der Waals surface area contributed by atoms with Gasteiger partial charge in [0.25, 0.3) is 0 Å². The van der Waals surface area contributed by atoms with Crippen LogP contribution in [0.25, 0.3) is 11.0 Å². The van der Waals surface area contributed by atoms with Crippen LogP contribution in [-0.2, 0) is 21.1 Å². The fraction of sp³-hybridized carbons (Fsp3) is 0.471. The third kappa shape index (κ3) is 2.36. The lowest BCUT2D eigenvalue weighted by atomic mass is 10.1. The molecule has 0 bridgehead atoms. The van der Waals surface area contributed by atoms with E-state index in [0.29, 0.717) is 19.5 Å². The molecular weight excluding hydrogens is 314 g/mol. The Hall–Kier alpha value is -1.82. The first-order valence-electron chi connectivity index (χ1n) is 7.92. The second-order valence-corrected chi connectivity index (χ2v) is 8.90. The van der Waals surface area contributed by atoms with Gasteiger partial charge in [-0.1, -0.05) is 18.2 Å². The molecule has 1 aromatic heterocycles. The summed E-state index contributed by atoms with van der Waals surface area (Å²) in [6.45, 7) is 2.78. The average Bonchev–Trinajstić information content (AvgIpc) is 3.15. The topological polar surface area (TPSA) is 67.6 Å². The zero-order valence-electron chi connectivity index (χ0n) is 13.0. The predicted molar refractivity (Wildman–Crippen MR) is 86.9 cm³/mol. The highest BCUT2D eigenvalue weighted by atomic mass is 32.2. The van der Waals surface area contributed by atoms with E-state index in [9.17, 15) is 13.2 Å². The first-order valence-corrected chi connectivity index (χ1v) is 9.63. The van der Waals surface area contributed by atoms with Gasteiger partial charge in [-0.15, -0.1) is 0 Å². The minimum absolute atomic E-state index is 0.00995. The van der Waals surface area contributed by atoms with Crippen molar-refractivity contribution in [2.75, 3.05) is 18.8 Å². The van der Waals surface area contributed by atoms with E-state index in [4.69, 9.17) is 4.42 Å². The van der Waals surface area contributed by atoms with Crippen molar-refractivity contribution in [2.45, 2.75) is 25.0 Å². The van der Waals surface area contributed by atoms with Gasteiger partial charge in [-0.2, -0.15) is 0 Å². The Morgan fingerprint density at radius 2 is 2.09 bits per heavy atom. The fourth-order valence-electron chi connectivity index (χ4n) is 3.90. The molecule has 23 heavy (non-hydrogen) atoms. The Balaban J connectivity index is 1.56. The summed E-state index contributed by atoms with van der Waals surface area (Å²) >= 11 is 0. The highest BCUT2D eigenvalue weighted by Crippen LogP contribution is 2.34. The number of carbonyl (C=O) groups excluding carboxylic acids is 1. The lowest BCUT2D eigenvalue weighted by Crippen LogP contribution is -2.33. The molecule has 0 saturated carbocycles. The first-order chi connectivity index (χ1) is 11.0. The van der Waals surface area contributed by atoms with Crippen LogP contribution in [0.15, 0.2) is 28.7 Å². The number of nitrogens with zero attached hydrogens (tertiary/aromatic N) is 1. The van der Waals surface area contributed by atoms with Gasteiger partial charge in [0.05, 0.1) is 17.4 Å². The van der Waals surface area contributed by atoms with Gasteiger partial charge in [-0.3, -0.25) is 4.79 Å². The van der Waals surface area contributed by atoms with E-state index < -0.39 is 9.84 Å². The molecule has 0 N–H and O–H groups in total. The van der Waals surface area contributed by atoms with Crippen LogP contribution < -0.4 is 0 Å². The molecule has 2 saturated heterocycles. The van der Waals surface area contributed by atoms with Crippen LogP contribution in [0, 0.1) is 12.8 Å². The van der Waals surface area contributed by atoms with Gasteiger partial charge in [-0.25, -0.2) is 8.42 Å². The summed E-state index contributed by atoms with van der Waals surface area (Å²) < 4.78 is 29.7. The average molecular weight is 333 g/mol. The van der Waals surface area contributed by atoms with Crippen LogP contribution in [-0.4, -0.2) is 43.3 Å². The number of amides is 1. The van der Waals surface area contributed by atoms with E-state index in [1.165, 1.54) is 0 Å². The van der Waals surface area contributed by atoms with E-state index in [2.05, 4.69) is 0 Å². The van der Waals surface area contributed by atoms with Crippen molar-refractivity contribution < 1.29 is 17.6 Å². The second kappa shape index (κ2) is 5.09. The summed E-state index contributed by atoms with van der Waals surface area (Å²) in [7, 11) is -3.01. The highest BCUT2D eigenvalue weighted by molar-refractivity contribution is 7.92. The Labute approximate surface area is 135 Å². The predicted octanol–water partition coefficient (Wildman–Crippen LogP) is 1.93. The molecule has 2 fully saturated rings. The molecule has 122 valence electrons. The van der Waals surface area contributed by atoms with Crippen molar-refractivity contribution in [1.82, 2.24) is 4.90 Å². The summed E-state index contributed by atoms with van der Waals surface area (Å²) in [4.78, 5) is 14.4. The zero-order valence-corrected chi connectivity index (χ0v) is 13.8. The van der Waals surface area contributed by atoms with Crippen LogP contribution in [0.4, 0.5) is 0 Å². The van der Waals surface area contributed by atoms with E-state index in [1.807, 2.05) is 31.2 Å². The van der Waals surface area contributed by atoms with E-state index in [-0.39, 0.29) is 29.2 Å². The van der Waals surface area contributed by atoms with Gasteiger partial charge in [0.1, 0.15) is 11.3 Å². The summed E-state index contributed by atoms with van der Waals surface area (Å²) in [5.41, 5.74) is 1.69. The minimum Gasteiger partial charge on any atom is -0.461 e. The number of furan rings is 1.